The molecule has 1 fully saturated rings. The van der Waals surface area contributed by atoms with Crippen LogP contribution in [0.3, 0.4) is 0 Å². The largest absolute Gasteiger partial charge is 0.480 e. The molecule has 2 aromatic rings. The maximum atomic E-state index is 12.6. The van der Waals surface area contributed by atoms with Crippen molar-refractivity contribution in [3.05, 3.63) is 72.3 Å². The zero-order chi connectivity index (χ0) is 24.1. The third-order valence-electron chi connectivity index (χ3n) is 6.79. The molecule has 2 aliphatic carbocycles. The standard InChI is InChI=1S/C27H30N2O5/c1-2-8-24(26(31)32)28-25(30)15-17-9-7-14-23(17)29-27(33)34-16-22-20-12-5-3-10-18(20)19-11-4-6-13-21(19)22/h2-6,10-13,17,22-24H,1,7-9,14-16H2,(H,28,30)(H,29,33)(H,31,32)/t17-,23+,24?/m0/s1. The summed E-state index contributed by atoms with van der Waals surface area (Å²) in [5.41, 5.74) is 4.65. The molecule has 4 rings (SSSR count). The molecule has 0 heterocycles. The van der Waals surface area contributed by atoms with E-state index in [4.69, 9.17) is 4.74 Å². The fourth-order valence-corrected chi connectivity index (χ4v) is 5.14. The molecule has 1 unspecified atom stereocenters. The van der Waals surface area contributed by atoms with Gasteiger partial charge < -0.3 is 20.5 Å². The Labute approximate surface area is 199 Å². The second kappa shape index (κ2) is 10.5. The third kappa shape index (κ3) is 5.14. The Bertz CT molecular complexity index is 1040. The number of ether oxygens (including phenoxy) is 1. The van der Waals surface area contributed by atoms with E-state index < -0.39 is 18.1 Å². The van der Waals surface area contributed by atoms with Crippen molar-refractivity contribution in [1.29, 1.82) is 0 Å². The molecule has 3 N–H and O–H groups in total. The summed E-state index contributed by atoms with van der Waals surface area (Å²) < 4.78 is 5.64. The topological polar surface area (TPSA) is 105 Å². The van der Waals surface area contributed by atoms with Gasteiger partial charge >= 0.3 is 12.1 Å². The minimum absolute atomic E-state index is 0.0129. The van der Waals surface area contributed by atoms with Crippen LogP contribution in [0.1, 0.15) is 49.1 Å². The van der Waals surface area contributed by atoms with Gasteiger partial charge in [-0.1, -0.05) is 61.0 Å². The van der Waals surface area contributed by atoms with Gasteiger partial charge in [0, 0.05) is 18.4 Å². The Morgan fingerprint density at radius 2 is 1.71 bits per heavy atom. The third-order valence-corrected chi connectivity index (χ3v) is 6.79. The van der Waals surface area contributed by atoms with Crippen LogP contribution in [0.15, 0.2) is 61.2 Å². The number of carboxylic acid groups (broad SMARTS) is 1. The molecule has 178 valence electrons. The van der Waals surface area contributed by atoms with Crippen molar-refractivity contribution in [3.63, 3.8) is 0 Å². The molecule has 0 saturated heterocycles. The number of hydrogen-bond acceptors (Lipinski definition) is 4. The summed E-state index contributed by atoms with van der Waals surface area (Å²) in [7, 11) is 0. The molecule has 0 radical (unpaired) electrons. The zero-order valence-electron chi connectivity index (χ0n) is 19.0. The number of carbonyl (C=O) groups excluding carboxylic acids is 2. The van der Waals surface area contributed by atoms with Crippen LogP contribution in [-0.4, -0.2) is 41.8 Å². The second-order valence-electron chi connectivity index (χ2n) is 8.95. The minimum atomic E-state index is -1.09. The van der Waals surface area contributed by atoms with E-state index in [0.29, 0.717) is 0 Å². The summed E-state index contributed by atoms with van der Waals surface area (Å²) in [6.45, 7) is 3.77. The number of fused-ring (bicyclic) bond motifs is 3. The second-order valence-corrected chi connectivity index (χ2v) is 8.95. The minimum Gasteiger partial charge on any atom is -0.480 e. The highest BCUT2D eigenvalue weighted by Gasteiger charge is 2.33. The van der Waals surface area contributed by atoms with Gasteiger partial charge in [0.05, 0.1) is 0 Å². The average Bonchev–Trinajstić information content (AvgIpc) is 3.39. The first kappa shape index (κ1) is 23.5. The smallest absolute Gasteiger partial charge is 0.407 e. The normalized spacial score (nSPS) is 19.5. The molecule has 2 aliphatic rings. The fraction of sp³-hybridized carbons (Fsp3) is 0.370. The van der Waals surface area contributed by atoms with Crippen molar-refractivity contribution >= 4 is 18.0 Å². The van der Waals surface area contributed by atoms with Gasteiger partial charge in [-0.25, -0.2) is 9.59 Å². The zero-order valence-corrected chi connectivity index (χ0v) is 19.0. The molecular weight excluding hydrogens is 432 g/mol. The molecule has 0 bridgehead atoms. The van der Waals surface area contributed by atoms with E-state index >= 15 is 0 Å². The molecule has 2 aromatic carbocycles. The van der Waals surface area contributed by atoms with Crippen LogP contribution < -0.4 is 10.6 Å². The van der Waals surface area contributed by atoms with Gasteiger partial charge in [-0.15, -0.1) is 6.58 Å². The van der Waals surface area contributed by atoms with Crippen LogP contribution in [0.4, 0.5) is 4.79 Å². The van der Waals surface area contributed by atoms with Gasteiger partial charge in [0.2, 0.25) is 5.91 Å². The average molecular weight is 463 g/mol. The van der Waals surface area contributed by atoms with E-state index in [9.17, 15) is 19.5 Å². The first-order valence-electron chi connectivity index (χ1n) is 11.7. The Morgan fingerprint density at radius 3 is 2.32 bits per heavy atom. The van der Waals surface area contributed by atoms with Crippen LogP contribution in [0.2, 0.25) is 0 Å². The van der Waals surface area contributed by atoms with Crippen molar-refractivity contribution in [2.45, 2.75) is 50.1 Å². The number of alkyl carbamates (subject to hydrolysis) is 1. The monoisotopic (exact) mass is 462 g/mol. The van der Waals surface area contributed by atoms with Gasteiger partial charge in [-0.2, -0.15) is 0 Å². The van der Waals surface area contributed by atoms with Gasteiger partial charge in [-0.3, -0.25) is 4.79 Å². The number of aliphatic carboxylic acids is 1. The lowest BCUT2D eigenvalue weighted by Gasteiger charge is -2.22. The Morgan fingerprint density at radius 1 is 1.06 bits per heavy atom. The van der Waals surface area contributed by atoms with Crippen LogP contribution in [0.25, 0.3) is 11.1 Å². The first-order chi connectivity index (χ1) is 16.5. The van der Waals surface area contributed by atoms with Crippen molar-refractivity contribution in [2.75, 3.05) is 6.61 Å². The van der Waals surface area contributed by atoms with E-state index in [1.807, 2.05) is 24.3 Å². The van der Waals surface area contributed by atoms with E-state index in [-0.39, 0.29) is 43.2 Å². The van der Waals surface area contributed by atoms with Crippen molar-refractivity contribution in [1.82, 2.24) is 10.6 Å². The summed E-state index contributed by atoms with van der Waals surface area (Å²) >= 11 is 0. The predicted octanol–water partition coefficient (Wildman–Crippen LogP) is 4.23. The quantitative estimate of drug-likeness (QED) is 0.484. The number of benzene rings is 2. The molecule has 1 saturated carbocycles. The van der Waals surface area contributed by atoms with E-state index in [1.54, 1.807) is 0 Å². The van der Waals surface area contributed by atoms with Gasteiger partial charge in [0.15, 0.2) is 0 Å². The number of amides is 2. The Kier molecular flexibility index (Phi) is 7.30. The maximum absolute atomic E-state index is 12.6. The van der Waals surface area contributed by atoms with Gasteiger partial charge in [0.1, 0.15) is 12.6 Å². The lowest BCUT2D eigenvalue weighted by Crippen LogP contribution is -2.43. The molecule has 3 atom stereocenters. The van der Waals surface area contributed by atoms with Gasteiger partial charge in [0.25, 0.3) is 0 Å². The summed E-state index contributed by atoms with van der Waals surface area (Å²) in [6, 6.07) is 15.2. The molecule has 7 nitrogen and oxygen atoms in total. The predicted molar refractivity (Wildman–Crippen MR) is 128 cm³/mol. The van der Waals surface area contributed by atoms with Crippen LogP contribution >= 0.6 is 0 Å². The highest BCUT2D eigenvalue weighted by Crippen LogP contribution is 2.44. The van der Waals surface area contributed by atoms with Crippen molar-refractivity contribution < 1.29 is 24.2 Å². The number of nitrogens with one attached hydrogen (secondary N) is 2. The maximum Gasteiger partial charge on any atom is 0.407 e. The van der Waals surface area contributed by atoms with Crippen molar-refractivity contribution in [2.24, 2.45) is 5.92 Å². The molecule has 0 aliphatic heterocycles. The lowest BCUT2D eigenvalue weighted by atomic mass is 9.98. The van der Waals surface area contributed by atoms with E-state index in [0.717, 1.165) is 30.4 Å². The molecule has 0 aromatic heterocycles. The number of carbonyl (C=O) groups is 3. The SMILES string of the molecule is C=CCC(NC(=O)C[C@@H]1CCC[C@H]1NC(=O)OCC1c2ccccc2-c2ccccc21)C(=O)O. The Hall–Kier alpha value is -3.61. The van der Waals surface area contributed by atoms with Gasteiger partial charge in [-0.05, 0) is 47.4 Å². The van der Waals surface area contributed by atoms with Crippen molar-refractivity contribution in [3.8, 4) is 11.1 Å². The highest BCUT2D eigenvalue weighted by atomic mass is 16.5. The summed E-state index contributed by atoms with van der Waals surface area (Å²) in [4.78, 5) is 36.3. The molecular formula is C27H30N2O5. The fourth-order valence-electron chi connectivity index (χ4n) is 5.14. The summed E-state index contributed by atoms with van der Waals surface area (Å²) in [5, 5.41) is 14.7. The first-order valence-corrected chi connectivity index (χ1v) is 11.7. The molecule has 7 heteroatoms. The number of rotatable bonds is 9. The van der Waals surface area contributed by atoms with Crippen LogP contribution in [0, 0.1) is 5.92 Å². The Balaban J connectivity index is 1.32. The number of hydrogen-bond donors (Lipinski definition) is 3. The van der Waals surface area contributed by atoms with Crippen LogP contribution in [0.5, 0.6) is 0 Å². The van der Waals surface area contributed by atoms with E-state index in [2.05, 4.69) is 41.5 Å². The number of carboxylic acids is 1. The molecule has 0 spiro atoms. The molecule has 2 amide bonds. The summed E-state index contributed by atoms with van der Waals surface area (Å²) in [5.74, 6) is -1.49. The van der Waals surface area contributed by atoms with E-state index in [1.165, 1.54) is 17.2 Å². The lowest BCUT2D eigenvalue weighted by molar-refractivity contribution is -0.141. The highest BCUT2D eigenvalue weighted by molar-refractivity contribution is 5.84. The summed E-state index contributed by atoms with van der Waals surface area (Å²) in [6.07, 6.45) is 3.74. The molecule has 34 heavy (non-hydrogen) atoms. The van der Waals surface area contributed by atoms with Crippen LogP contribution in [-0.2, 0) is 14.3 Å².